The van der Waals surface area contributed by atoms with Crippen LogP contribution in [0, 0.1) is 0 Å². The first kappa shape index (κ1) is 13.2. The molecule has 0 heterocycles. The topological polar surface area (TPSA) is 29.5 Å². The van der Waals surface area contributed by atoms with Gasteiger partial charge in [-0.05, 0) is 36.8 Å². The number of fused-ring (bicyclic) bond motifs is 1. The van der Waals surface area contributed by atoms with E-state index >= 15 is 0 Å². The van der Waals surface area contributed by atoms with Crippen molar-refractivity contribution in [1.82, 2.24) is 0 Å². The van der Waals surface area contributed by atoms with E-state index in [4.69, 9.17) is 4.74 Å². The molecule has 0 saturated heterocycles. The van der Waals surface area contributed by atoms with Crippen LogP contribution in [0.1, 0.15) is 55.4 Å². The SMILES string of the molecule is C=C(OCCCC)c1cccc2c1CCCC2O. The summed E-state index contributed by atoms with van der Waals surface area (Å²) in [6, 6.07) is 6.05. The lowest BCUT2D eigenvalue weighted by Crippen LogP contribution is -2.11. The van der Waals surface area contributed by atoms with Crippen LogP contribution in [0.3, 0.4) is 0 Å². The molecule has 98 valence electrons. The minimum absolute atomic E-state index is 0.322. The Labute approximate surface area is 109 Å². The molecule has 0 radical (unpaired) electrons. The monoisotopic (exact) mass is 246 g/mol. The number of aliphatic hydroxyl groups excluding tert-OH is 1. The highest BCUT2D eigenvalue weighted by atomic mass is 16.5. The number of rotatable bonds is 5. The summed E-state index contributed by atoms with van der Waals surface area (Å²) in [5, 5.41) is 10.0. The van der Waals surface area contributed by atoms with Gasteiger partial charge < -0.3 is 9.84 Å². The third kappa shape index (κ3) is 2.75. The molecule has 0 amide bonds. The molecular weight excluding hydrogens is 224 g/mol. The van der Waals surface area contributed by atoms with Gasteiger partial charge in [0.25, 0.3) is 0 Å². The van der Waals surface area contributed by atoms with Crippen LogP contribution in [0.2, 0.25) is 0 Å². The first-order chi connectivity index (χ1) is 8.74. The highest BCUT2D eigenvalue weighted by molar-refractivity contribution is 5.63. The molecule has 1 atom stereocenters. The number of ether oxygens (including phenoxy) is 1. The van der Waals surface area contributed by atoms with Gasteiger partial charge in [-0.25, -0.2) is 0 Å². The van der Waals surface area contributed by atoms with Crippen LogP contribution in [-0.4, -0.2) is 11.7 Å². The highest BCUT2D eigenvalue weighted by Gasteiger charge is 2.21. The van der Waals surface area contributed by atoms with E-state index in [-0.39, 0.29) is 6.10 Å². The van der Waals surface area contributed by atoms with Crippen LogP contribution in [0.25, 0.3) is 5.76 Å². The van der Waals surface area contributed by atoms with Crippen LogP contribution >= 0.6 is 0 Å². The van der Waals surface area contributed by atoms with Crippen molar-refractivity contribution in [2.75, 3.05) is 6.61 Å². The number of hydrogen-bond donors (Lipinski definition) is 1. The minimum Gasteiger partial charge on any atom is -0.494 e. The Hall–Kier alpha value is -1.28. The molecule has 0 saturated carbocycles. The first-order valence-electron chi connectivity index (χ1n) is 6.86. The molecule has 2 nitrogen and oxygen atoms in total. The van der Waals surface area contributed by atoms with Crippen molar-refractivity contribution in [1.29, 1.82) is 0 Å². The Morgan fingerprint density at radius 1 is 1.50 bits per heavy atom. The van der Waals surface area contributed by atoms with Gasteiger partial charge in [-0.15, -0.1) is 0 Å². The van der Waals surface area contributed by atoms with Crippen molar-refractivity contribution in [2.24, 2.45) is 0 Å². The molecule has 1 aliphatic rings. The van der Waals surface area contributed by atoms with Gasteiger partial charge in [-0.3, -0.25) is 0 Å². The van der Waals surface area contributed by atoms with Crippen LogP contribution in [0.4, 0.5) is 0 Å². The zero-order valence-electron chi connectivity index (χ0n) is 11.1. The van der Waals surface area contributed by atoms with E-state index < -0.39 is 0 Å². The molecule has 0 aromatic heterocycles. The normalized spacial score (nSPS) is 18.2. The van der Waals surface area contributed by atoms with Gasteiger partial charge in [0.15, 0.2) is 0 Å². The second-order valence-corrected chi connectivity index (χ2v) is 4.91. The molecule has 0 fully saturated rings. The second-order valence-electron chi connectivity index (χ2n) is 4.91. The summed E-state index contributed by atoms with van der Waals surface area (Å²) >= 11 is 0. The number of aliphatic hydroxyl groups is 1. The average molecular weight is 246 g/mol. The van der Waals surface area contributed by atoms with Crippen molar-refractivity contribution in [3.8, 4) is 0 Å². The average Bonchev–Trinajstić information content (AvgIpc) is 2.39. The summed E-state index contributed by atoms with van der Waals surface area (Å²) in [7, 11) is 0. The summed E-state index contributed by atoms with van der Waals surface area (Å²) in [6.45, 7) is 6.90. The van der Waals surface area contributed by atoms with Gasteiger partial charge in [0.05, 0.1) is 12.7 Å². The molecule has 18 heavy (non-hydrogen) atoms. The minimum atomic E-state index is -0.322. The lowest BCUT2D eigenvalue weighted by atomic mass is 9.86. The fraction of sp³-hybridized carbons (Fsp3) is 0.500. The fourth-order valence-corrected chi connectivity index (χ4v) is 2.50. The predicted molar refractivity (Wildman–Crippen MR) is 74.2 cm³/mol. The van der Waals surface area contributed by atoms with Gasteiger partial charge in [0.2, 0.25) is 0 Å². The van der Waals surface area contributed by atoms with E-state index in [9.17, 15) is 5.11 Å². The Morgan fingerprint density at radius 3 is 3.11 bits per heavy atom. The van der Waals surface area contributed by atoms with Crippen LogP contribution < -0.4 is 0 Å². The van der Waals surface area contributed by atoms with Gasteiger partial charge in [-0.1, -0.05) is 38.1 Å². The van der Waals surface area contributed by atoms with Crippen molar-refractivity contribution in [2.45, 2.75) is 45.1 Å². The lowest BCUT2D eigenvalue weighted by Gasteiger charge is -2.24. The molecule has 1 aromatic rings. The quantitative estimate of drug-likeness (QED) is 0.631. The molecular formula is C16H22O2. The van der Waals surface area contributed by atoms with E-state index in [2.05, 4.69) is 13.5 Å². The second kappa shape index (κ2) is 6.05. The molecule has 1 N–H and O–H groups in total. The molecule has 2 heteroatoms. The maximum absolute atomic E-state index is 10.0. The third-order valence-electron chi connectivity index (χ3n) is 3.55. The molecule has 0 spiro atoms. The number of benzene rings is 1. The maximum Gasteiger partial charge on any atom is 0.119 e. The van der Waals surface area contributed by atoms with Crippen molar-refractivity contribution < 1.29 is 9.84 Å². The Morgan fingerprint density at radius 2 is 2.33 bits per heavy atom. The van der Waals surface area contributed by atoms with Crippen molar-refractivity contribution >= 4 is 5.76 Å². The molecule has 1 unspecified atom stereocenters. The van der Waals surface area contributed by atoms with E-state index in [1.807, 2.05) is 18.2 Å². The van der Waals surface area contributed by atoms with Gasteiger partial charge in [0.1, 0.15) is 5.76 Å². The largest absolute Gasteiger partial charge is 0.494 e. The van der Waals surface area contributed by atoms with Crippen molar-refractivity contribution in [3.63, 3.8) is 0 Å². The highest BCUT2D eigenvalue weighted by Crippen LogP contribution is 2.34. The lowest BCUT2D eigenvalue weighted by molar-refractivity contribution is 0.156. The summed E-state index contributed by atoms with van der Waals surface area (Å²) in [4.78, 5) is 0. The number of hydrogen-bond acceptors (Lipinski definition) is 2. The smallest absolute Gasteiger partial charge is 0.119 e. The Balaban J connectivity index is 2.18. The summed E-state index contributed by atoms with van der Waals surface area (Å²) in [6.07, 6.45) is 4.76. The summed E-state index contributed by atoms with van der Waals surface area (Å²) in [5.74, 6) is 0.745. The fourth-order valence-electron chi connectivity index (χ4n) is 2.50. The van der Waals surface area contributed by atoms with Crippen LogP contribution in [0.5, 0.6) is 0 Å². The standard InChI is InChI=1S/C16H22O2/c1-3-4-11-18-12(2)13-7-5-9-15-14(13)8-6-10-16(15)17/h5,7,9,16-17H,2-4,6,8,10-11H2,1H3. The summed E-state index contributed by atoms with van der Waals surface area (Å²) < 4.78 is 5.69. The van der Waals surface area contributed by atoms with E-state index in [0.29, 0.717) is 0 Å². The maximum atomic E-state index is 10.0. The zero-order valence-corrected chi connectivity index (χ0v) is 11.1. The molecule has 2 rings (SSSR count). The van der Waals surface area contributed by atoms with E-state index in [1.54, 1.807) is 0 Å². The molecule has 1 aliphatic carbocycles. The van der Waals surface area contributed by atoms with Crippen LogP contribution in [-0.2, 0) is 11.2 Å². The van der Waals surface area contributed by atoms with E-state index in [0.717, 1.165) is 55.6 Å². The van der Waals surface area contributed by atoms with Crippen LogP contribution in [0.15, 0.2) is 24.8 Å². The number of unbranched alkanes of at least 4 members (excludes halogenated alkanes) is 1. The predicted octanol–water partition coefficient (Wildman–Crippen LogP) is 3.84. The molecule has 0 bridgehead atoms. The van der Waals surface area contributed by atoms with Gasteiger partial charge in [0, 0.05) is 5.56 Å². The molecule has 1 aromatic carbocycles. The van der Waals surface area contributed by atoms with Crippen molar-refractivity contribution in [3.05, 3.63) is 41.5 Å². The first-order valence-corrected chi connectivity index (χ1v) is 6.86. The zero-order chi connectivity index (χ0) is 13.0. The van der Waals surface area contributed by atoms with E-state index in [1.165, 1.54) is 5.56 Å². The Kier molecular flexibility index (Phi) is 4.43. The summed E-state index contributed by atoms with van der Waals surface area (Å²) in [5.41, 5.74) is 3.35. The molecule has 0 aliphatic heterocycles. The van der Waals surface area contributed by atoms with Gasteiger partial charge >= 0.3 is 0 Å². The van der Waals surface area contributed by atoms with Gasteiger partial charge in [-0.2, -0.15) is 0 Å². The third-order valence-corrected chi connectivity index (χ3v) is 3.55. The Bertz CT molecular complexity index is 423.